The Morgan fingerprint density at radius 1 is 1.29 bits per heavy atom. The smallest absolute Gasteiger partial charge is 0.355 e. The summed E-state index contributed by atoms with van der Waals surface area (Å²) in [4.78, 5) is 29.0. The van der Waals surface area contributed by atoms with Crippen LogP contribution in [0.5, 0.6) is 0 Å². The fourth-order valence-electron chi connectivity index (χ4n) is 5.09. The number of hydrogen-bond donors (Lipinski definition) is 2. The zero-order chi connectivity index (χ0) is 30.2. The molecule has 5 rings (SSSR count). The van der Waals surface area contributed by atoms with Gasteiger partial charge in [0.2, 0.25) is 21.8 Å². The lowest BCUT2D eigenvalue weighted by Crippen LogP contribution is -2.61. The molecule has 0 bridgehead atoms. The molecule has 3 aromatic rings. The van der Waals surface area contributed by atoms with Gasteiger partial charge in [0, 0.05) is 50.8 Å². The predicted octanol–water partition coefficient (Wildman–Crippen LogP) is 3.74. The van der Waals surface area contributed by atoms with Gasteiger partial charge in [0.1, 0.15) is 12.1 Å². The number of nitrogens with zero attached hydrogens (tertiary/aromatic N) is 3. The molecule has 2 N–H and O–H groups in total. The number of thiophene rings is 1. The molecule has 1 unspecified atom stereocenters. The van der Waals surface area contributed by atoms with Crippen molar-refractivity contribution in [2.75, 3.05) is 31.1 Å². The van der Waals surface area contributed by atoms with Crippen molar-refractivity contribution >= 4 is 50.5 Å². The van der Waals surface area contributed by atoms with E-state index in [1.807, 2.05) is 0 Å². The van der Waals surface area contributed by atoms with Gasteiger partial charge in [-0.1, -0.05) is 22.8 Å². The summed E-state index contributed by atoms with van der Waals surface area (Å²) in [6.07, 6.45) is -3.89. The quantitative estimate of drug-likeness (QED) is 0.382. The zero-order valence-electron chi connectivity index (χ0n) is 22.3. The summed E-state index contributed by atoms with van der Waals surface area (Å²) >= 11 is 7.23. The molecule has 0 spiro atoms. The molecule has 226 valence electrons. The van der Waals surface area contributed by atoms with Crippen molar-refractivity contribution in [3.63, 3.8) is 0 Å². The predicted molar refractivity (Wildman–Crippen MR) is 150 cm³/mol. The van der Waals surface area contributed by atoms with Gasteiger partial charge in [0.25, 0.3) is 0 Å². The first-order chi connectivity index (χ1) is 19.8. The summed E-state index contributed by atoms with van der Waals surface area (Å²) in [6.45, 7) is 1.17. The molecule has 2 aliphatic heterocycles. The van der Waals surface area contributed by atoms with Crippen LogP contribution < -0.4 is 14.9 Å². The van der Waals surface area contributed by atoms with E-state index in [0.717, 1.165) is 4.90 Å². The first-order valence-electron chi connectivity index (χ1n) is 13.1. The standard InChI is InChI=1S/C26H27ClF3N5O5S2/c1-15-18(35-10-3-6-24(35)36)4-2-5-21(15)42(38,39)33-17(25(37)34-11-9-31-22(14-34)26(28,29)30)12-16-13-19(40-32-16)20-7-8-23(27)41-20/h2,4-5,7-8,13,17,22,31,33H,3,6,9-12,14H2,1H3/t17-,22?/m0/s1. The molecule has 2 aromatic heterocycles. The minimum absolute atomic E-state index is 0.0486. The topological polar surface area (TPSA) is 125 Å². The molecule has 2 amide bonds. The molecular formula is C26H27ClF3N5O5S2. The molecule has 4 heterocycles. The lowest BCUT2D eigenvalue weighted by molar-refractivity contribution is -0.168. The number of aromatic nitrogens is 1. The Balaban J connectivity index is 1.45. The molecule has 2 fully saturated rings. The maximum atomic E-state index is 13.7. The summed E-state index contributed by atoms with van der Waals surface area (Å²) in [5, 5.41) is 6.31. The van der Waals surface area contributed by atoms with E-state index >= 15 is 0 Å². The second-order valence-corrected chi connectivity index (χ2v) is 13.4. The molecule has 16 heteroatoms. The highest BCUT2D eigenvalue weighted by atomic mass is 35.5. The van der Waals surface area contributed by atoms with Crippen molar-refractivity contribution in [2.45, 2.75) is 49.3 Å². The van der Waals surface area contributed by atoms with Crippen LogP contribution in [-0.4, -0.2) is 74.7 Å². The first-order valence-corrected chi connectivity index (χ1v) is 15.7. The number of amides is 2. The third-order valence-corrected chi connectivity index (χ3v) is 10.0. The molecule has 0 saturated carbocycles. The van der Waals surface area contributed by atoms with Crippen molar-refractivity contribution in [3.8, 4) is 10.6 Å². The fourth-order valence-corrected chi connectivity index (χ4v) is 7.53. The molecule has 0 aliphatic carbocycles. The average Bonchev–Trinajstić information content (AvgIpc) is 3.69. The number of hydrogen-bond acceptors (Lipinski definition) is 8. The summed E-state index contributed by atoms with van der Waals surface area (Å²) in [5.74, 6) is -0.615. The third-order valence-electron chi connectivity index (χ3n) is 7.18. The fraction of sp³-hybridized carbons (Fsp3) is 0.423. The van der Waals surface area contributed by atoms with E-state index in [9.17, 15) is 31.2 Å². The van der Waals surface area contributed by atoms with Gasteiger partial charge in [0.05, 0.1) is 19.8 Å². The molecule has 2 atom stereocenters. The highest BCUT2D eigenvalue weighted by Crippen LogP contribution is 2.32. The molecule has 10 nitrogen and oxygen atoms in total. The third kappa shape index (κ3) is 6.49. The second-order valence-electron chi connectivity index (χ2n) is 10.0. The van der Waals surface area contributed by atoms with Crippen molar-refractivity contribution in [3.05, 3.63) is 52.0 Å². The van der Waals surface area contributed by atoms with E-state index in [1.54, 1.807) is 25.1 Å². The SMILES string of the molecule is Cc1c(N2CCCC2=O)cccc1S(=O)(=O)N[C@@H](Cc1cc(-c2ccc(Cl)s2)on1)C(=O)N1CCNC(C(F)(F)F)C1. The lowest BCUT2D eigenvalue weighted by atomic mass is 10.1. The largest absolute Gasteiger partial charge is 0.405 e. The number of anilines is 1. The highest BCUT2D eigenvalue weighted by Gasteiger charge is 2.44. The number of carbonyl (C=O) groups excluding carboxylic acids is 2. The number of benzene rings is 1. The number of nitrogens with one attached hydrogen (secondary N) is 2. The molecule has 42 heavy (non-hydrogen) atoms. The van der Waals surface area contributed by atoms with Crippen molar-refractivity contribution in [1.29, 1.82) is 0 Å². The van der Waals surface area contributed by atoms with E-state index in [-0.39, 0.29) is 36.0 Å². The maximum absolute atomic E-state index is 13.7. The van der Waals surface area contributed by atoms with E-state index in [2.05, 4.69) is 15.2 Å². The van der Waals surface area contributed by atoms with Crippen LogP contribution in [0.1, 0.15) is 24.1 Å². The van der Waals surface area contributed by atoms with Crippen LogP contribution in [0.25, 0.3) is 10.6 Å². The Hall–Kier alpha value is -2.98. The Labute approximate surface area is 248 Å². The monoisotopic (exact) mass is 645 g/mol. The first kappa shape index (κ1) is 30.5. The number of sulfonamides is 1. The van der Waals surface area contributed by atoms with E-state index in [0.29, 0.717) is 45.6 Å². The molecule has 0 radical (unpaired) electrons. The lowest BCUT2D eigenvalue weighted by Gasteiger charge is -2.36. The van der Waals surface area contributed by atoms with Gasteiger partial charge in [-0.05, 0) is 43.2 Å². The van der Waals surface area contributed by atoms with Gasteiger partial charge in [-0.25, -0.2) is 8.42 Å². The van der Waals surface area contributed by atoms with Gasteiger partial charge in [-0.2, -0.15) is 17.9 Å². The number of carbonyl (C=O) groups is 2. The Kier molecular flexibility index (Phi) is 8.67. The minimum Gasteiger partial charge on any atom is -0.355 e. The van der Waals surface area contributed by atoms with Crippen LogP contribution >= 0.6 is 22.9 Å². The molecule has 2 aliphatic rings. The van der Waals surface area contributed by atoms with Crippen LogP contribution in [0, 0.1) is 6.92 Å². The maximum Gasteiger partial charge on any atom is 0.405 e. The summed E-state index contributed by atoms with van der Waals surface area (Å²) in [7, 11) is -4.39. The second kappa shape index (κ2) is 12.0. The summed E-state index contributed by atoms with van der Waals surface area (Å²) < 4.78 is 76.1. The van der Waals surface area contributed by atoms with Crippen LogP contribution in [-0.2, 0) is 26.0 Å². The van der Waals surface area contributed by atoms with Gasteiger partial charge in [0.15, 0.2) is 5.76 Å². The summed E-state index contributed by atoms with van der Waals surface area (Å²) in [5.41, 5.74) is 0.962. The number of alkyl halides is 3. The van der Waals surface area contributed by atoms with E-state index in [1.165, 1.54) is 34.4 Å². The Morgan fingerprint density at radius 3 is 2.74 bits per heavy atom. The summed E-state index contributed by atoms with van der Waals surface area (Å²) in [6, 6.07) is 5.95. The van der Waals surface area contributed by atoms with Gasteiger partial charge in [-0.3, -0.25) is 9.59 Å². The Bertz CT molecular complexity index is 1590. The highest BCUT2D eigenvalue weighted by molar-refractivity contribution is 7.89. The Morgan fingerprint density at radius 2 is 2.07 bits per heavy atom. The van der Waals surface area contributed by atoms with E-state index in [4.69, 9.17) is 16.1 Å². The van der Waals surface area contributed by atoms with Gasteiger partial charge < -0.3 is 19.6 Å². The average molecular weight is 646 g/mol. The normalized spacial score (nSPS) is 19.0. The zero-order valence-corrected chi connectivity index (χ0v) is 24.7. The number of piperazine rings is 1. The molecule has 2 saturated heterocycles. The molecular weight excluding hydrogens is 619 g/mol. The van der Waals surface area contributed by atoms with Gasteiger partial charge >= 0.3 is 6.18 Å². The van der Waals surface area contributed by atoms with E-state index < -0.39 is 40.7 Å². The van der Waals surface area contributed by atoms with Crippen molar-refractivity contribution in [2.24, 2.45) is 0 Å². The number of halogens is 4. The minimum atomic E-state index is -4.60. The number of rotatable bonds is 8. The van der Waals surface area contributed by atoms with Crippen LogP contribution in [0.2, 0.25) is 4.34 Å². The van der Waals surface area contributed by atoms with Crippen molar-refractivity contribution < 1.29 is 35.7 Å². The van der Waals surface area contributed by atoms with Crippen LogP contribution in [0.3, 0.4) is 0 Å². The van der Waals surface area contributed by atoms with Gasteiger partial charge in [-0.15, -0.1) is 11.3 Å². The van der Waals surface area contributed by atoms with Crippen LogP contribution in [0.15, 0.2) is 45.8 Å². The van der Waals surface area contributed by atoms with Crippen molar-refractivity contribution in [1.82, 2.24) is 20.1 Å². The molecule has 1 aromatic carbocycles. The van der Waals surface area contributed by atoms with Crippen LogP contribution in [0.4, 0.5) is 18.9 Å².